The van der Waals surface area contributed by atoms with Crippen LogP contribution in [0.15, 0.2) is 48.8 Å². The first-order valence-electron chi connectivity index (χ1n) is 10.5. The quantitative estimate of drug-likeness (QED) is 0.705. The molecule has 0 bridgehead atoms. The van der Waals surface area contributed by atoms with E-state index >= 15 is 0 Å². The molecule has 0 amide bonds. The number of hydrogen-bond donors (Lipinski definition) is 0. The highest BCUT2D eigenvalue weighted by Crippen LogP contribution is 2.50. The zero-order valence-corrected chi connectivity index (χ0v) is 16.5. The standard InChI is InChI=1S/C23H27N5/c1-25-11-14-28-20-9-10-26(15-18(20)17-5-4-8-22(25)23(17)28)12-13-27-16-24-19-6-2-3-7-21(19)27/h2-8,16,18,20H,9-15H2,1H3/t18-,20-/m0/s1. The van der Waals surface area contributed by atoms with Crippen molar-refractivity contribution in [3.8, 4) is 0 Å². The number of aromatic nitrogens is 2. The molecular formula is C23H27N5. The van der Waals surface area contributed by atoms with E-state index in [0.29, 0.717) is 12.0 Å². The minimum absolute atomic E-state index is 0.648. The predicted octanol–water partition coefficient (Wildman–Crippen LogP) is 3.16. The average Bonchev–Trinajstić information content (AvgIpc) is 3.29. The zero-order chi connectivity index (χ0) is 18.7. The molecule has 6 rings (SSSR count). The fourth-order valence-corrected chi connectivity index (χ4v) is 5.62. The van der Waals surface area contributed by atoms with Crippen molar-refractivity contribution in [2.24, 2.45) is 0 Å². The van der Waals surface area contributed by atoms with Gasteiger partial charge in [-0.3, -0.25) is 0 Å². The number of piperidine rings is 1. The molecule has 1 fully saturated rings. The zero-order valence-electron chi connectivity index (χ0n) is 16.5. The Morgan fingerprint density at radius 3 is 2.89 bits per heavy atom. The molecule has 5 nitrogen and oxygen atoms in total. The van der Waals surface area contributed by atoms with E-state index in [-0.39, 0.29) is 0 Å². The number of anilines is 2. The molecule has 144 valence electrons. The van der Waals surface area contributed by atoms with Gasteiger partial charge in [-0.1, -0.05) is 24.3 Å². The van der Waals surface area contributed by atoms with Crippen LogP contribution in [0.1, 0.15) is 17.9 Å². The summed E-state index contributed by atoms with van der Waals surface area (Å²) in [4.78, 5) is 12.4. The summed E-state index contributed by atoms with van der Waals surface area (Å²) in [7, 11) is 2.23. The van der Waals surface area contributed by atoms with E-state index in [1.54, 1.807) is 5.56 Å². The van der Waals surface area contributed by atoms with Crippen molar-refractivity contribution in [1.29, 1.82) is 0 Å². The Kier molecular flexibility index (Phi) is 3.66. The molecule has 3 aliphatic heterocycles. The lowest BCUT2D eigenvalue weighted by atomic mass is 9.89. The maximum atomic E-state index is 4.54. The molecule has 0 radical (unpaired) electrons. The second-order valence-corrected chi connectivity index (χ2v) is 8.52. The third-order valence-corrected chi connectivity index (χ3v) is 7.07. The van der Waals surface area contributed by atoms with Gasteiger partial charge < -0.3 is 19.3 Å². The molecule has 3 aromatic rings. The molecule has 0 unspecified atom stereocenters. The van der Waals surface area contributed by atoms with E-state index in [9.17, 15) is 0 Å². The smallest absolute Gasteiger partial charge is 0.0958 e. The molecule has 2 aromatic carbocycles. The van der Waals surface area contributed by atoms with E-state index in [1.165, 1.54) is 42.9 Å². The first-order valence-corrected chi connectivity index (χ1v) is 10.5. The van der Waals surface area contributed by atoms with Crippen LogP contribution in [-0.2, 0) is 6.54 Å². The first kappa shape index (κ1) is 16.4. The highest BCUT2D eigenvalue weighted by Gasteiger charge is 2.44. The van der Waals surface area contributed by atoms with Crippen LogP contribution in [0.2, 0.25) is 0 Å². The molecule has 4 heterocycles. The number of likely N-dealkylation sites (tertiary alicyclic amines) is 1. The minimum atomic E-state index is 0.648. The van der Waals surface area contributed by atoms with Gasteiger partial charge in [-0.25, -0.2) is 4.98 Å². The fraction of sp³-hybridized carbons (Fsp3) is 0.435. The Labute approximate surface area is 166 Å². The van der Waals surface area contributed by atoms with Crippen LogP contribution in [-0.4, -0.2) is 60.3 Å². The number of benzene rings is 2. The summed E-state index contributed by atoms with van der Waals surface area (Å²) < 4.78 is 2.30. The minimum Gasteiger partial charge on any atom is -0.371 e. The van der Waals surface area contributed by atoms with Crippen molar-refractivity contribution in [3.63, 3.8) is 0 Å². The number of imidazole rings is 1. The van der Waals surface area contributed by atoms with E-state index in [2.05, 4.69) is 73.8 Å². The SMILES string of the molecule is CN1CCN2c3c(cccc31)[C@@H]1CN(CCn3cnc4ccccc43)CC[C@@H]12. The summed E-state index contributed by atoms with van der Waals surface area (Å²) in [5.41, 5.74) is 6.86. The Morgan fingerprint density at radius 1 is 1.00 bits per heavy atom. The van der Waals surface area contributed by atoms with Gasteiger partial charge in [0.2, 0.25) is 0 Å². The number of likely N-dealkylation sites (N-methyl/N-ethyl adjacent to an activating group) is 1. The van der Waals surface area contributed by atoms with Crippen LogP contribution >= 0.6 is 0 Å². The van der Waals surface area contributed by atoms with Crippen LogP contribution in [0.5, 0.6) is 0 Å². The lowest BCUT2D eigenvalue weighted by Crippen LogP contribution is -2.49. The van der Waals surface area contributed by atoms with Crippen molar-refractivity contribution in [2.75, 3.05) is 49.6 Å². The van der Waals surface area contributed by atoms with Crippen LogP contribution in [0.25, 0.3) is 11.0 Å². The van der Waals surface area contributed by atoms with Gasteiger partial charge in [0.1, 0.15) is 0 Å². The van der Waals surface area contributed by atoms with Crippen LogP contribution in [0.3, 0.4) is 0 Å². The lowest BCUT2D eigenvalue weighted by molar-refractivity contribution is 0.188. The lowest BCUT2D eigenvalue weighted by Gasteiger charge is -2.41. The topological polar surface area (TPSA) is 27.5 Å². The van der Waals surface area contributed by atoms with Gasteiger partial charge in [-0.15, -0.1) is 0 Å². The molecule has 5 heteroatoms. The molecule has 1 aromatic heterocycles. The van der Waals surface area contributed by atoms with E-state index < -0.39 is 0 Å². The van der Waals surface area contributed by atoms with Gasteiger partial charge in [-0.2, -0.15) is 0 Å². The third kappa shape index (κ3) is 2.39. The van der Waals surface area contributed by atoms with Crippen LogP contribution < -0.4 is 9.80 Å². The summed E-state index contributed by atoms with van der Waals surface area (Å²) in [5, 5.41) is 0. The van der Waals surface area contributed by atoms with Gasteiger partial charge >= 0.3 is 0 Å². The molecule has 0 N–H and O–H groups in total. The molecule has 3 aliphatic rings. The van der Waals surface area contributed by atoms with Crippen LogP contribution in [0.4, 0.5) is 11.4 Å². The number of para-hydroxylation sites is 3. The van der Waals surface area contributed by atoms with Crippen molar-refractivity contribution in [3.05, 3.63) is 54.4 Å². The van der Waals surface area contributed by atoms with Gasteiger partial charge in [0.05, 0.1) is 28.7 Å². The maximum Gasteiger partial charge on any atom is 0.0958 e. The Morgan fingerprint density at radius 2 is 1.93 bits per heavy atom. The summed E-state index contributed by atoms with van der Waals surface area (Å²) in [6, 6.07) is 16.1. The second kappa shape index (κ2) is 6.24. The largest absolute Gasteiger partial charge is 0.371 e. The van der Waals surface area contributed by atoms with Crippen molar-refractivity contribution in [2.45, 2.75) is 24.9 Å². The average molecular weight is 374 g/mol. The highest BCUT2D eigenvalue weighted by atomic mass is 15.3. The predicted molar refractivity (Wildman–Crippen MR) is 114 cm³/mol. The maximum absolute atomic E-state index is 4.54. The summed E-state index contributed by atoms with van der Waals surface area (Å²) in [6.07, 6.45) is 3.27. The molecule has 0 spiro atoms. The number of nitrogens with zero attached hydrogens (tertiary/aromatic N) is 5. The van der Waals surface area contributed by atoms with Crippen molar-refractivity contribution in [1.82, 2.24) is 14.5 Å². The Bertz CT molecular complexity index is 1020. The summed E-state index contributed by atoms with van der Waals surface area (Å²) in [6.45, 7) is 6.78. The fourth-order valence-electron chi connectivity index (χ4n) is 5.62. The summed E-state index contributed by atoms with van der Waals surface area (Å²) in [5.74, 6) is 0.648. The van der Waals surface area contributed by atoms with Gasteiger partial charge in [0, 0.05) is 58.3 Å². The van der Waals surface area contributed by atoms with E-state index in [1.807, 2.05) is 6.33 Å². The number of fused-ring (bicyclic) bond motifs is 4. The van der Waals surface area contributed by atoms with Crippen molar-refractivity contribution >= 4 is 22.4 Å². The highest BCUT2D eigenvalue weighted by molar-refractivity contribution is 5.80. The Hall–Kier alpha value is -2.53. The van der Waals surface area contributed by atoms with Gasteiger partial charge in [0.15, 0.2) is 0 Å². The Balaban J connectivity index is 1.22. The normalized spacial score (nSPS) is 23.9. The third-order valence-electron chi connectivity index (χ3n) is 7.07. The molecule has 0 saturated carbocycles. The van der Waals surface area contributed by atoms with E-state index in [4.69, 9.17) is 0 Å². The van der Waals surface area contributed by atoms with E-state index in [0.717, 1.165) is 25.2 Å². The monoisotopic (exact) mass is 373 g/mol. The summed E-state index contributed by atoms with van der Waals surface area (Å²) >= 11 is 0. The molecule has 1 saturated heterocycles. The molecule has 0 aliphatic carbocycles. The molecular weight excluding hydrogens is 346 g/mol. The van der Waals surface area contributed by atoms with Gasteiger partial charge in [-0.05, 0) is 30.2 Å². The number of rotatable bonds is 3. The second-order valence-electron chi connectivity index (χ2n) is 8.52. The van der Waals surface area contributed by atoms with Crippen molar-refractivity contribution < 1.29 is 0 Å². The number of hydrogen-bond acceptors (Lipinski definition) is 4. The first-order chi connectivity index (χ1) is 13.8. The van der Waals surface area contributed by atoms with Crippen LogP contribution in [0, 0.1) is 0 Å². The van der Waals surface area contributed by atoms with Gasteiger partial charge in [0.25, 0.3) is 0 Å². The molecule has 2 atom stereocenters. The molecule has 28 heavy (non-hydrogen) atoms.